The van der Waals surface area contributed by atoms with Gasteiger partial charge >= 0.3 is 0 Å². The summed E-state index contributed by atoms with van der Waals surface area (Å²) < 4.78 is 0. The lowest BCUT2D eigenvalue weighted by Crippen LogP contribution is -2.42. The van der Waals surface area contributed by atoms with E-state index in [9.17, 15) is 19.5 Å². The van der Waals surface area contributed by atoms with Crippen LogP contribution in [0.2, 0.25) is 5.02 Å². The summed E-state index contributed by atoms with van der Waals surface area (Å²) >= 11 is 6.00. The molecule has 2 N–H and O–H groups in total. The molecule has 7 heteroatoms. The Morgan fingerprint density at radius 3 is 2.42 bits per heavy atom. The van der Waals surface area contributed by atoms with Gasteiger partial charge in [-0.2, -0.15) is 0 Å². The van der Waals surface area contributed by atoms with Crippen LogP contribution in [0.15, 0.2) is 30.4 Å². The van der Waals surface area contributed by atoms with Crippen LogP contribution >= 0.6 is 11.6 Å². The Bertz CT molecular complexity index is 746. The summed E-state index contributed by atoms with van der Waals surface area (Å²) in [6, 6.07) is 4.70. The summed E-state index contributed by atoms with van der Waals surface area (Å²) in [6.45, 7) is 1.35. The maximum atomic E-state index is 12.6. The number of hydrogen-bond donors (Lipinski definition) is 2. The van der Waals surface area contributed by atoms with Crippen molar-refractivity contribution < 1.29 is 19.5 Å². The first-order chi connectivity index (χ1) is 11.4. The van der Waals surface area contributed by atoms with E-state index in [1.165, 1.54) is 6.92 Å². The Labute approximate surface area is 143 Å². The summed E-state index contributed by atoms with van der Waals surface area (Å²) in [7, 11) is 0. The third-order valence-electron chi connectivity index (χ3n) is 4.58. The van der Waals surface area contributed by atoms with Gasteiger partial charge in [0.05, 0.1) is 16.6 Å². The van der Waals surface area contributed by atoms with Crippen molar-refractivity contribution in [2.75, 3.05) is 10.6 Å². The Morgan fingerprint density at radius 1 is 1.12 bits per heavy atom. The average Bonchev–Trinajstić information content (AvgIpc) is 3.10. The number of amides is 2. The molecule has 0 aliphatic heterocycles. The topological polar surface area (TPSA) is 98.3 Å². The van der Waals surface area contributed by atoms with E-state index in [2.05, 4.69) is 10.6 Å². The number of allylic oxidation sites excluding steroid dienone is 2. The summed E-state index contributed by atoms with van der Waals surface area (Å²) in [5, 5.41) is 17.0. The van der Waals surface area contributed by atoms with Crippen LogP contribution in [-0.4, -0.2) is 17.8 Å². The van der Waals surface area contributed by atoms with Crippen molar-refractivity contribution in [3.63, 3.8) is 0 Å². The number of aliphatic carboxylic acids is 1. The second-order valence-electron chi connectivity index (χ2n) is 6.18. The van der Waals surface area contributed by atoms with Crippen LogP contribution < -0.4 is 15.7 Å². The summed E-state index contributed by atoms with van der Waals surface area (Å²) in [6.07, 6.45) is 4.42. The van der Waals surface area contributed by atoms with Gasteiger partial charge in [0.15, 0.2) is 0 Å². The van der Waals surface area contributed by atoms with Gasteiger partial charge in [0, 0.05) is 24.5 Å². The van der Waals surface area contributed by atoms with E-state index >= 15 is 0 Å². The Kier molecular flexibility index (Phi) is 4.32. The number of rotatable bonds is 4. The zero-order valence-corrected chi connectivity index (χ0v) is 13.7. The normalized spacial score (nSPS) is 27.1. The summed E-state index contributed by atoms with van der Waals surface area (Å²) in [5.74, 6) is -3.52. The summed E-state index contributed by atoms with van der Waals surface area (Å²) in [5.41, 5.74) is 0.822. The highest BCUT2D eigenvalue weighted by Gasteiger charge is 2.48. The fraction of sp³-hybridized carbons (Fsp3) is 0.353. The van der Waals surface area contributed by atoms with Crippen LogP contribution in [0.5, 0.6) is 0 Å². The van der Waals surface area contributed by atoms with Crippen LogP contribution in [0, 0.1) is 23.7 Å². The van der Waals surface area contributed by atoms with Crippen molar-refractivity contribution in [2.24, 2.45) is 23.7 Å². The number of halogens is 1. The van der Waals surface area contributed by atoms with Crippen LogP contribution in [0.1, 0.15) is 13.3 Å². The maximum absolute atomic E-state index is 12.6. The van der Waals surface area contributed by atoms with Crippen molar-refractivity contribution in [1.29, 1.82) is 0 Å². The van der Waals surface area contributed by atoms with Crippen LogP contribution in [0.25, 0.3) is 0 Å². The number of fused-ring (bicyclic) bond motifs is 2. The first kappa shape index (κ1) is 16.5. The maximum Gasteiger partial charge on any atom is 0.228 e. The number of anilines is 2. The molecule has 0 heterocycles. The number of carbonyl (C=O) groups excluding carboxylic acids is 3. The van der Waals surface area contributed by atoms with Gasteiger partial charge in [-0.05, 0) is 36.5 Å². The third kappa shape index (κ3) is 3.01. The highest BCUT2D eigenvalue weighted by atomic mass is 35.5. The van der Waals surface area contributed by atoms with E-state index in [1.54, 1.807) is 18.2 Å². The van der Waals surface area contributed by atoms with Crippen LogP contribution in [0.3, 0.4) is 0 Å². The highest BCUT2D eigenvalue weighted by molar-refractivity contribution is 6.33. The molecule has 0 radical (unpaired) electrons. The molecule has 0 unspecified atom stereocenters. The SMILES string of the molecule is CC(=O)Nc1cc(NC(=O)[C@H]2[C@@H](C(=O)[O-])[C@H]3C=C[C@@H]2C3)ccc1Cl. The molecule has 1 saturated carbocycles. The van der Waals surface area contributed by atoms with Gasteiger partial charge in [0.2, 0.25) is 11.8 Å². The van der Waals surface area contributed by atoms with Crippen molar-refractivity contribution in [2.45, 2.75) is 13.3 Å². The molecule has 6 nitrogen and oxygen atoms in total. The van der Waals surface area contributed by atoms with Gasteiger partial charge in [0.25, 0.3) is 0 Å². The van der Waals surface area contributed by atoms with E-state index < -0.39 is 17.8 Å². The molecule has 2 aliphatic rings. The van der Waals surface area contributed by atoms with Gasteiger partial charge < -0.3 is 20.5 Å². The molecule has 1 aromatic carbocycles. The lowest BCUT2D eigenvalue weighted by Gasteiger charge is -2.27. The van der Waals surface area contributed by atoms with E-state index in [4.69, 9.17) is 11.6 Å². The number of hydrogen-bond acceptors (Lipinski definition) is 4. The molecule has 1 fully saturated rings. The summed E-state index contributed by atoms with van der Waals surface area (Å²) in [4.78, 5) is 35.1. The van der Waals surface area contributed by atoms with Crippen molar-refractivity contribution in [3.8, 4) is 0 Å². The Morgan fingerprint density at radius 2 is 1.79 bits per heavy atom. The smallest absolute Gasteiger partial charge is 0.228 e. The third-order valence-corrected chi connectivity index (χ3v) is 4.91. The van der Waals surface area contributed by atoms with E-state index in [1.807, 2.05) is 12.2 Å². The van der Waals surface area contributed by atoms with E-state index in [-0.39, 0.29) is 23.7 Å². The first-order valence-corrected chi connectivity index (χ1v) is 8.02. The molecule has 3 rings (SSSR count). The predicted molar refractivity (Wildman–Crippen MR) is 87.1 cm³/mol. The lowest BCUT2D eigenvalue weighted by molar-refractivity contribution is -0.313. The molecule has 24 heavy (non-hydrogen) atoms. The molecule has 2 bridgehead atoms. The van der Waals surface area contributed by atoms with Crippen molar-refractivity contribution >= 4 is 40.8 Å². The molecule has 2 amide bonds. The molecule has 0 saturated heterocycles. The lowest BCUT2D eigenvalue weighted by atomic mass is 9.82. The molecule has 2 aliphatic carbocycles. The minimum absolute atomic E-state index is 0.0833. The minimum Gasteiger partial charge on any atom is -0.550 e. The number of nitrogens with one attached hydrogen (secondary N) is 2. The Balaban J connectivity index is 1.79. The predicted octanol–water partition coefficient (Wildman–Crippen LogP) is 1.43. The van der Waals surface area contributed by atoms with Crippen molar-refractivity contribution in [3.05, 3.63) is 35.4 Å². The molecule has 0 aromatic heterocycles. The molecule has 1 aromatic rings. The second-order valence-corrected chi connectivity index (χ2v) is 6.59. The van der Waals surface area contributed by atoms with Gasteiger partial charge in [-0.3, -0.25) is 9.59 Å². The number of carboxylic acids is 1. The quantitative estimate of drug-likeness (QED) is 0.805. The number of benzene rings is 1. The zero-order chi connectivity index (χ0) is 17.4. The molecule has 0 spiro atoms. The zero-order valence-electron chi connectivity index (χ0n) is 12.9. The van der Waals surface area contributed by atoms with Gasteiger partial charge in [0.1, 0.15) is 0 Å². The number of carbonyl (C=O) groups is 3. The fourth-order valence-electron chi connectivity index (χ4n) is 3.62. The van der Waals surface area contributed by atoms with Crippen LogP contribution in [-0.2, 0) is 14.4 Å². The molecule has 126 valence electrons. The first-order valence-electron chi connectivity index (χ1n) is 7.64. The van der Waals surface area contributed by atoms with Crippen molar-refractivity contribution in [1.82, 2.24) is 0 Å². The monoisotopic (exact) mass is 347 g/mol. The highest BCUT2D eigenvalue weighted by Crippen LogP contribution is 2.48. The standard InChI is InChI=1S/C17H17ClN2O4/c1-8(21)19-13-7-11(4-5-12(13)18)20-16(22)14-9-2-3-10(6-9)15(14)17(23)24/h2-5,7,9-10,14-15H,6H2,1H3,(H,19,21)(H,20,22)(H,23,24)/p-1/t9-,10+,14-,15+/m1/s1. The van der Waals surface area contributed by atoms with Gasteiger partial charge in [-0.25, -0.2) is 0 Å². The minimum atomic E-state index is -1.19. The van der Waals surface area contributed by atoms with E-state index in [0.717, 1.165) is 0 Å². The number of carboxylic acid groups (broad SMARTS) is 1. The fourth-order valence-corrected chi connectivity index (χ4v) is 3.78. The molecule has 4 atom stereocenters. The van der Waals surface area contributed by atoms with Gasteiger partial charge in [-0.15, -0.1) is 0 Å². The molecular formula is C17H16ClN2O4-. The largest absolute Gasteiger partial charge is 0.550 e. The molecular weight excluding hydrogens is 332 g/mol. The average molecular weight is 348 g/mol. The van der Waals surface area contributed by atoms with Crippen LogP contribution in [0.4, 0.5) is 11.4 Å². The Hall–Kier alpha value is -2.34. The van der Waals surface area contributed by atoms with E-state index in [0.29, 0.717) is 22.8 Å². The second kappa shape index (κ2) is 6.28. The van der Waals surface area contributed by atoms with Gasteiger partial charge in [-0.1, -0.05) is 23.8 Å².